The van der Waals surface area contributed by atoms with Gasteiger partial charge in [-0.2, -0.15) is 0 Å². The van der Waals surface area contributed by atoms with Crippen LogP contribution in [0, 0.1) is 0 Å². The van der Waals surface area contributed by atoms with Crippen LogP contribution >= 0.6 is 0 Å². The van der Waals surface area contributed by atoms with Crippen LogP contribution in [0.4, 0.5) is 10.6 Å². The molecule has 154 valence electrons. The van der Waals surface area contributed by atoms with E-state index in [1.54, 1.807) is 6.07 Å². The van der Waals surface area contributed by atoms with Crippen molar-refractivity contribution >= 4 is 34.7 Å². The van der Waals surface area contributed by atoms with Crippen molar-refractivity contribution in [3.8, 4) is 11.1 Å². The third kappa shape index (κ3) is 4.88. The summed E-state index contributed by atoms with van der Waals surface area (Å²) in [6, 6.07) is 13.0. The summed E-state index contributed by atoms with van der Waals surface area (Å²) in [7, 11) is 1.42. The first kappa shape index (κ1) is 20.7. The van der Waals surface area contributed by atoms with E-state index in [2.05, 4.69) is 15.3 Å². The highest BCUT2D eigenvalue weighted by atomic mass is 16.4. The molecule has 0 aliphatic carbocycles. The summed E-state index contributed by atoms with van der Waals surface area (Å²) in [6.45, 7) is 0.274. The molecule has 1 aromatic heterocycles. The molecule has 9 nitrogen and oxygen atoms in total. The fourth-order valence-electron chi connectivity index (χ4n) is 2.95. The molecule has 3 aromatic rings. The monoisotopic (exact) mass is 408 g/mol. The maximum Gasteiger partial charge on any atom is 0.412 e. The van der Waals surface area contributed by atoms with Crippen LogP contribution < -0.4 is 10.2 Å². The van der Waals surface area contributed by atoms with Crippen molar-refractivity contribution < 1.29 is 24.6 Å². The molecule has 0 spiro atoms. The molecule has 0 saturated heterocycles. The lowest BCUT2D eigenvalue weighted by molar-refractivity contribution is -0.138. The highest BCUT2D eigenvalue weighted by Crippen LogP contribution is 2.28. The fourth-order valence-corrected chi connectivity index (χ4v) is 2.95. The predicted molar refractivity (Wildman–Crippen MR) is 110 cm³/mol. The Morgan fingerprint density at radius 3 is 2.50 bits per heavy atom. The number of carboxylic acid groups (broad SMARTS) is 2. The minimum absolute atomic E-state index is 0.0699. The van der Waals surface area contributed by atoms with Crippen LogP contribution in [0.3, 0.4) is 0 Å². The molecule has 2 amide bonds. The van der Waals surface area contributed by atoms with Gasteiger partial charge in [-0.05, 0) is 34.9 Å². The van der Waals surface area contributed by atoms with Gasteiger partial charge >= 0.3 is 12.1 Å². The van der Waals surface area contributed by atoms with Gasteiger partial charge in [-0.3, -0.25) is 14.5 Å². The summed E-state index contributed by atoms with van der Waals surface area (Å²) in [6.07, 6.45) is -0.0802. The molecule has 9 heteroatoms. The number of aromatic nitrogens is 2. The lowest BCUT2D eigenvalue weighted by Crippen LogP contribution is -2.25. The molecule has 0 saturated carbocycles. The number of carboxylic acids is 1. The van der Waals surface area contributed by atoms with E-state index < -0.39 is 12.1 Å². The first-order chi connectivity index (χ1) is 14.3. The Kier molecular flexibility index (Phi) is 6.21. The zero-order valence-corrected chi connectivity index (χ0v) is 16.2. The number of nitrogens with zero attached hydrogens (tertiary/aromatic N) is 3. The number of carbonyl (C=O) groups is 3. The number of benzene rings is 2. The van der Waals surface area contributed by atoms with Gasteiger partial charge in [0.05, 0.1) is 11.9 Å². The summed E-state index contributed by atoms with van der Waals surface area (Å²) in [5.41, 5.74) is 3.19. The molecule has 0 fully saturated rings. The second kappa shape index (κ2) is 8.99. The first-order valence-electron chi connectivity index (χ1n) is 9.14. The van der Waals surface area contributed by atoms with Gasteiger partial charge in [0, 0.05) is 25.4 Å². The highest BCUT2D eigenvalue weighted by Gasteiger charge is 2.15. The number of hydrogen-bond donors (Lipinski definition) is 3. The first-order valence-corrected chi connectivity index (χ1v) is 9.14. The van der Waals surface area contributed by atoms with Gasteiger partial charge in [0.1, 0.15) is 12.1 Å². The Bertz CT molecular complexity index is 1120. The Labute approximate surface area is 172 Å². The van der Waals surface area contributed by atoms with E-state index in [9.17, 15) is 19.5 Å². The summed E-state index contributed by atoms with van der Waals surface area (Å²) in [4.78, 5) is 43.0. The lowest BCUT2D eigenvalue weighted by atomic mass is 10.0. The summed E-state index contributed by atoms with van der Waals surface area (Å²) in [5, 5.41) is 21.2. The number of anilines is 1. The number of hydrogen-bond acceptors (Lipinski definition) is 5. The molecule has 3 rings (SSSR count). The quantitative estimate of drug-likeness (QED) is 0.547. The van der Waals surface area contributed by atoms with Crippen LogP contribution in [0.5, 0.6) is 0 Å². The van der Waals surface area contributed by atoms with Crippen molar-refractivity contribution in [2.45, 2.75) is 19.4 Å². The number of fused-ring (bicyclic) bond motifs is 1. The zero-order valence-electron chi connectivity index (χ0n) is 16.2. The smallest absolute Gasteiger partial charge is 0.412 e. The number of aliphatic carboxylic acids is 1. The van der Waals surface area contributed by atoms with Gasteiger partial charge < -0.3 is 15.5 Å². The van der Waals surface area contributed by atoms with E-state index in [-0.39, 0.29) is 31.1 Å². The van der Waals surface area contributed by atoms with Crippen molar-refractivity contribution in [2.24, 2.45) is 0 Å². The van der Waals surface area contributed by atoms with E-state index in [0.717, 1.165) is 21.6 Å². The maximum absolute atomic E-state index is 11.7. The fraction of sp³-hybridized carbons (Fsp3) is 0.190. The number of carbonyl (C=O) groups excluding carboxylic acids is 1. The molecule has 0 aliphatic heterocycles. The van der Waals surface area contributed by atoms with Crippen LogP contribution in [0.1, 0.15) is 18.4 Å². The topological polar surface area (TPSA) is 133 Å². The third-order valence-electron chi connectivity index (χ3n) is 4.53. The van der Waals surface area contributed by atoms with Crippen molar-refractivity contribution in [1.29, 1.82) is 0 Å². The largest absolute Gasteiger partial charge is 0.481 e. The van der Waals surface area contributed by atoms with Crippen LogP contribution in [0.2, 0.25) is 0 Å². The van der Waals surface area contributed by atoms with Gasteiger partial charge in [0.15, 0.2) is 0 Å². The third-order valence-corrected chi connectivity index (χ3v) is 4.53. The molecular weight excluding hydrogens is 388 g/mol. The molecule has 0 atom stereocenters. The van der Waals surface area contributed by atoms with Crippen LogP contribution in [-0.4, -0.2) is 45.2 Å². The average molecular weight is 408 g/mol. The molecule has 1 heterocycles. The Morgan fingerprint density at radius 1 is 1.00 bits per heavy atom. The van der Waals surface area contributed by atoms with Crippen molar-refractivity contribution in [3.05, 3.63) is 54.4 Å². The van der Waals surface area contributed by atoms with Gasteiger partial charge in [0.2, 0.25) is 5.91 Å². The van der Waals surface area contributed by atoms with Gasteiger partial charge in [-0.1, -0.05) is 24.3 Å². The minimum Gasteiger partial charge on any atom is -0.481 e. The molecule has 2 aromatic carbocycles. The predicted octanol–water partition coefficient (Wildman–Crippen LogP) is 2.89. The average Bonchev–Trinajstić information content (AvgIpc) is 2.75. The zero-order chi connectivity index (χ0) is 21.7. The van der Waals surface area contributed by atoms with E-state index in [1.807, 2.05) is 36.4 Å². The van der Waals surface area contributed by atoms with Crippen LogP contribution in [0.15, 0.2) is 48.8 Å². The molecule has 0 unspecified atom stereocenters. The SMILES string of the molecule is CN(C(=O)O)c1ncnc2ccc(-c3cccc(CNC(=O)CCC(=O)O)c3)cc12. The molecule has 0 radical (unpaired) electrons. The molecule has 30 heavy (non-hydrogen) atoms. The summed E-state index contributed by atoms with van der Waals surface area (Å²) >= 11 is 0. The van der Waals surface area contributed by atoms with Crippen molar-refractivity contribution in [2.75, 3.05) is 11.9 Å². The molecule has 3 N–H and O–H groups in total. The Balaban J connectivity index is 1.84. The second-order valence-corrected chi connectivity index (χ2v) is 6.64. The highest BCUT2D eigenvalue weighted by molar-refractivity contribution is 5.99. The summed E-state index contributed by atoms with van der Waals surface area (Å²) in [5.74, 6) is -1.05. The van der Waals surface area contributed by atoms with E-state index >= 15 is 0 Å². The van der Waals surface area contributed by atoms with Crippen LogP contribution in [-0.2, 0) is 16.1 Å². The molecular formula is C21H20N4O5. The van der Waals surface area contributed by atoms with Gasteiger partial charge in [-0.25, -0.2) is 14.8 Å². The maximum atomic E-state index is 11.7. The second-order valence-electron chi connectivity index (χ2n) is 6.64. The Hall–Kier alpha value is -4.01. The van der Waals surface area contributed by atoms with E-state index in [0.29, 0.717) is 10.9 Å². The van der Waals surface area contributed by atoms with E-state index in [4.69, 9.17) is 5.11 Å². The van der Waals surface area contributed by atoms with E-state index in [1.165, 1.54) is 13.4 Å². The molecule has 0 aliphatic rings. The normalized spacial score (nSPS) is 10.6. The van der Waals surface area contributed by atoms with Crippen molar-refractivity contribution in [3.63, 3.8) is 0 Å². The standard InChI is InChI=1S/C21H20N4O5/c1-25(21(29)30)20-16-10-15(5-6-17(16)23-12-24-20)14-4-2-3-13(9-14)11-22-18(26)7-8-19(27)28/h2-6,9-10,12H,7-8,11H2,1H3,(H,22,26)(H,27,28)(H,29,30). The number of amides is 2. The molecule has 0 bridgehead atoms. The van der Waals surface area contributed by atoms with Gasteiger partial charge in [-0.15, -0.1) is 0 Å². The minimum atomic E-state index is -1.12. The lowest BCUT2D eigenvalue weighted by Gasteiger charge is -2.14. The Morgan fingerprint density at radius 2 is 1.77 bits per heavy atom. The van der Waals surface area contributed by atoms with Crippen molar-refractivity contribution in [1.82, 2.24) is 15.3 Å². The van der Waals surface area contributed by atoms with Crippen LogP contribution in [0.25, 0.3) is 22.0 Å². The number of nitrogens with one attached hydrogen (secondary N) is 1. The summed E-state index contributed by atoms with van der Waals surface area (Å²) < 4.78 is 0. The number of rotatable bonds is 7. The van der Waals surface area contributed by atoms with Gasteiger partial charge in [0.25, 0.3) is 0 Å².